The molecule has 2 saturated heterocycles. The van der Waals surface area contributed by atoms with Crippen LogP contribution in [0.3, 0.4) is 0 Å². The van der Waals surface area contributed by atoms with Gasteiger partial charge >= 0.3 is 6.09 Å². The van der Waals surface area contributed by atoms with Crippen LogP contribution < -0.4 is 0 Å². The number of benzene rings is 1. The highest BCUT2D eigenvalue weighted by Crippen LogP contribution is 2.23. The van der Waals surface area contributed by atoms with Crippen molar-refractivity contribution >= 4 is 16.1 Å². The van der Waals surface area contributed by atoms with E-state index < -0.39 is 16.1 Å². The van der Waals surface area contributed by atoms with Crippen LogP contribution in [0.1, 0.15) is 38.2 Å². The molecule has 3 rings (SSSR count). The second kappa shape index (κ2) is 9.71. The van der Waals surface area contributed by atoms with Crippen molar-refractivity contribution in [2.24, 2.45) is 0 Å². The van der Waals surface area contributed by atoms with Gasteiger partial charge in [-0.3, -0.25) is 0 Å². The normalized spacial score (nSPS) is 22.7. The quantitative estimate of drug-likeness (QED) is 0.658. The van der Waals surface area contributed by atoms with Crippen molar-refractivity contribution in [2.75, 3.05) is 32.0 Å². The van der Waals surface area contributed by atoms with E-state index in [-0.39, 0.29) is 24.5 Å². The number of likely N-dealkylation sites (N-methyl/N-ethyl adjacent to an activating group) is 1. The lowest BCUT2D eigenvalue weighted by Crippen LogP contribution is -2.45. The van der Waals surface area contributed by atoms with E-state index in [1.807, 2.05) is 37.3 Å². The number of likely N-dealkylation sites (tertiary alicyclic amines) is 1. The average molecular weight is 411 g/mol. The number of amides is 1. The summed E-state index contributed by atoms with van der Waals surface area (Å²) in [5.41, 5.74) is 0.910. The SMILES string of the molecule is CCN(C[C@@H]1CCCO1)S(=O)(=O)C[C@@H]1CCCN1C(=O)OCc1ccccc1. The van der Waals surface area contributed by atoms with Gasteiger partial charge in [0.1, 0.15) is 6.61 Å². The predicted octanol–water partition coefficient (Wildman–Crippen LogP) is 2.62. The van der Waals surface area contributed by atoms with E-state index in [1.54, 1.807) is 4.90 Å². The van der Waals surface area contributed by atoms with Crippen molar-refractivity contribution in [2.45, 2.75) is 51.4 Å². The molecule has 0 spiro atoms. The van der Waals surface area contributed by atoms with Gasteiger partial charge in [0.15, 0.2) is 0 Å². The van der Waals surface area contributed by atoms with E-state index in [4.69, 9.17) is 9.47 Å². The number of ether oxygens (including phenoxy) is 2. The Labute approximate surface area is 167 Å². The maximum absolute atomic E-state index is 12.9. The van der Waals surface area contributed by atoms with E-state index in [0.29, 0.717) is 32.7 Å². The molecule has 0 aliphatic carbocycles. The van der Waals surface area contributed by atoms with Gasteiger partial charge in [-0.25, -0.2) is 13.2 Å². The summed E-state index contributed by atoms with van der Waals surface area (Å²) >= 11 is 0. The standard InChI is InChI=1S/C20H30N2O5S/c1-2-21(14-19-11-7-13-26-19)28(24,25)16-18-10-6-12-22(18)20(23)27-15-17-8-4-3-5-9-17/h3-5,8-9,18-19H,2,6-7,10-16H2,1H3/t18-,19-/m0/s1. The van der Waals surface area contributed by atoms with E-state index in [9.17, 15) is 13.2 Å². The number of nitrogens with zero attached hydrogens (tertiary/aromatic N) is 2. The molecule has 2 aliphatic rings. The van der Waals surface area contributed by atoms with Crippen LogP contribution in [0.5, 0.6) is 0 Å². The van der Waals surface area contributed by atoms with Crippen LogP contribution in [0.4, 0.5) is 4.79 Å². The molecule has 0 unspecified atom stereocenters. The number of hydrogen-bond acceptors (Lipinski definition) is 5. The number of carbonyl (C=O) groups excluding carboxylic acids is 1. The van der Waals surface area contributed by atoms with E-state index in [2.05, 4.69) is 0 Å². The first-order valence-corrected chi connectivity index (χ1v) is 11.7. The average Bonchev–Trinajstić information content (AvgIpc) is 3.36. The molecule has 0 aromatic heterocycles. The van der Waals surface area contributed by atoms with Gasteiger partial charge in [-0.05, 0) is 31.2 Å². The van der Waals surface area contributed by atoms with Crippen molar-refractivity contribution in [3.8, 4) is 0 Å². The fourth-order valence-corrected chi connectivity index (χ4v) is 5.69. The summed E-state index contributed by atoms with van der Waals surface area (Å²) in [5.74, 6) is -0.0615. The van der Waals surface area contributed by atoms with Crippen molar-refractivity contribution in [3.05, 3.63) is 35.9 Å². The molecule has 28 heavy (non-hydrogen) atoms. The zero-order valence-corrected chi connectivity index (χ0v) is 17.3. The van der Waals surface area contributed by atoms with Crippen molar-refractivity contribution in [1.82, 2.24) is 9.21 Å². The summed E-state index contributed by atoms with van der Waals surface area (Å²) in [6.07, 6.45) is 2.88. The fourth-order valence-electron chi connectivity index (χ4n) is 3.85. The summed E-state index contributed by atoms with van der Waals surface area (Å²) in [5, 5.41) is 0. The summed E-state index contributed by atoms with van der Waals surface area (Å²) in [6.45, 7) is 4.07. The molecule has 1 aromatic carbocycles. The molecule has 2 atom stereocenters. The fraction of sp³-hybridized carbons (Fsp3) is 0.650. The van der Waals surface area contributed by atoms with E-state index in [0.717, 1.165) is 24.8 Å². The lowest BCUT2D eigenvalue weighted by Gasteiger charge is -2.28. The van der Waals surface area contributed by atoms with Crippen LogP contribution in [0, 0.1) is 0 Å². The summed E-state index contributed by atoms with van der Waals surface area (Å²) < 4.78 is 38.4. The second-order valence-corrected chi connectivity index (χ2v) is 9.41. The van der Waals surface area contributed by atoms with Gasteiger partial charge in [0.2, 0.25) is 10.0 Å². The number of sulfonamides is 1. The van der Waals surface area contributed by atoms with Crippen LogP contribution in [0.2, 0.25) is 0 Å². The Balaban J connectivity index is 1.57. The first-order chi connectivity index (χ1) is 13.5. The lowest BCUT2D eigenvalue weighted by atomic mass is 10.2. The minimum Gasteiger partial charge on any atom is -0.445 e. The molecule has 0 N–H and O–H groups in total. The van der Waals surface area contributed by atoms with Gasteiger partial charge in [-0.1, -0.05) is 37.3 Å². The van der Waals surface area contributed by atoms with Crippen molar-refractivity contribution in [3.63, 3.8) is 0 Å². The number of rotatable bonds is 8. The Hall–Kier alpha value is -1.64. The molecule has 2 heterocycles. The summed E-state index contributed by atoms with van der Waals surface area (Å²) in [7, 11) is -3.47. The number of carbonyl (C=O) groups is 1. The highest BCUT2D eigenvalue weighted by atomic mass is 32.2. The Morgan fingerprint density at radius 1 is 1.25 bits per heavy atom. The summed E-state index contributed by atoms with van der Waals surface area (Å²) in [4.78, 5) is 14.1. The molecular formula is C20H30N2O5S. The smallest absolute Gasteiger partial charge is 0.410 e. The maximum Gasteiger partial charge on any atom is 0.410 e. The third kappa shape index (κ3) is 5.46. The molecular weight excluding hydrogens is 380 g/mol. The predicted molar refractivity (Wildman–Crippen MR) is 106 cm³/mol. The monoisotopic (exact) mass is 410 g/mol. The third-order valence-electron chi connectivity index (χ3n) is 5.40. The van der Waals surface area contributed by atoms with Gasteiger partial charge in [-0.2, -0.15) is 4.31 Å². The maximum atomic E-state index is 12.9. The lowest BCUT2D eigenvalue weighted by molar-refractivity contribution is 0.0918. The number of hydrogen-bond donors (Lipinski definition) is 0. The van der Waals surface area contributed by atoms with Gasteiger partial charge in [0.05, 0.1) is 17.9 Å². The zero-order valence-electron chi connectivity index (χ0n) is 16.5. The van der Waals surface area contributed by atoms with Crippen molar-refractivity contribution < 1.29 is 22.7 Å². The molecule has 0 saturated carbocycles. The highest BCUT2D eigenvalue weighted by molar-refractivity contribution is 7.89. The molecule has 0 radical (unpaired) electrons. The molecule has 8 heteroatoms. The first-order valence-electron chi connectivity index (χ1n) is 10.1. The Morgan fingerprint density at radius 3 is 2.71 bits per heavy atom. The van der Waals surface area contributed by atoms with Crippen LogP contribution in [-0.4, -0.2) is 67.9 Å². The topological polar surface area (TPSA) is 76.2 Å². The highest BCUT2D eigenvalue weighted by Gasteiger charge is 2.36. The Kier molecular flexibility index (Phi) is 7.31. The van der Waals surface area contributed by atoms with Crippen LogP contribution in [0.15, 0.2) is 30.3 Å². The molecule has 1 amide bonds. The molecule has 2 fully saturated rings. The molecule has 156 valence electrons. The van der Waals surface area contributed by atoms with Gasteiger partial charge in [0.25, 0.3) is 0 Å². The molecule has 2 aliphatic heterocycles. The first kappa shape index (κ1) is 21.1. The van der Waals surface area contributed by atoms with Crippen LogP contribution >= 0.6 is 0 Å². The summed E-state index contributed by atoms with van der Waals surface area (Å²) in [6, 6.07) is 9.13. The molecule has 7 nitrogen and oxygen atoms in total. The van der Waals surface area contributed by atoms with Crippen LogP contribution in [-0.2, 0) is 26.1 Å². The third-order valence-corrected chi connectivity index (χ3v) is 7.40. The zero-order chi connectivity index (χ0) is 20.0. The van der Waals surface area contributed by atoms with E-state index >= 15 is 0 Å². The van der Waals surface area contributed by atoms with Gasteiger partial charge < -0.3 is 14.4 Å². The molecule has 0 bridgehead atoms. The van der Waals surface area contributed by atoms with E-state index in [1.165, 1.54) is 4.31 Å². The van der Waals surface area contributed by atoms with Gasteiger partial charge in [0, 0.05) is 26.2 Å². The minimum absolute atomic E-state index is 0.0229. The Bertz CT molecular complexity index is 734. The largest absolute Gasteiger partial charge is 0.445 e. The van der Waals surface area contributed by atoms with Gasteiger partial charge in [-0.15, -0.1) is 0 Å². The van der Waals surface area contributed by atoms with Crippen LogP contribution in [0.25, 0.3) is 0 Å². The minimum atomic E-state index is -3.47. The van der Waals surface area contributed by atoms with Crippen molar-refractivity contribution in [1.29, 1.82) is 0 Å². The second-order valence-electron chi connectivity index (χ2n) is 7.39. The molecule has 1 aromatic rings. The Morgan fingerprint density at radius 2 is 2.04 bits per heavy atom.